The number of rotatable bonds is 6. The Kier molecular flexibility index (Phi) is 7.20. The molecule has 0 saturated carbocycles. The Bertz CT molecular complexity index is 1190. The number of methoxy groups -OCH3 is 2. The van der Waals surface area contributed by atoms with Crippen LogP contribution in [0.1, 0.15) is 18.2 Å². The molecule has 0 spiro atoms. The fraction of sp³-hybridized carbons (Fsp3) is 0.375. The maximum absolute atomic E-state index is 9.71. The molecular weight excluding hydrogens is 461 g/mol. The van der Waals surface area contributed by atoms with E-state index in [2.05, 4.69) is 22.8 Å². The summed E-state index contributed by atoms with van der Waals surface area (Å²) in [5, 5.41) is 10.4. The summed E-state index contributed by atoms with van der Waals surface area (Å²) in [6.07, 6.45) is 1.76. The van der Waals surface area contributed by atoms with Gasteiger partial charge >= 0.3 is 0 Å². The first-order valence-corrected chi connectivity index (χ1v) is 11.5. The molecule has 0 atom stereocenters. The summed E-state index contributed by atoms with van der Waals surface area (Å²) in [4.78, 5) is 14.3. The molecule has 1 aliphatic heterocycles. The molecule has 3 aromatic rings. The average Bonchev–Trinajstić information content (AvgIpc) is 2.84. The molecule has 1 fully saturated rings. The smallest absolute Gasteiger partial charge is 0.141 e. The quantitative estimate of drug-likeness (QED) is 0.503. The zero-order chi connectivity index (χ0) is 23.5. The summed E-state index contributed by atoms with van der Waals surface area (Å²) < 4.78 is 10.8. The van der Waals surface area contributed by atoms with Gasteiger partial charge in [-0.3, -0.25) is 9.88 Å². The van der Waals surface area contributed by atoms with Gasteiger partial charge in [0.05, 0.1) is 47.2 Å². The summed E-state index contributed by atoms with van der Waals surface area (Å²) in [6.45, 7) is 7.98. The molecule has 7 nitrogen and oxygen atoms in total. The van der Waals surface area contributed by atoms with Gasteiger partial charge in [0.15, 0.2) is 0 Å². The standard InChI is InChI=1S/C24H25Cl2N5O2/c1-4-30-7-9-31(10-8-30)14-16-13-28-24-17(6-5-15(12-27)23(24)29-16)20-21(25)18(32-2)11-19(33-3)22(20)26/h5-6,11,13H,4,7-10,14H2,1-3H3. The first-order chi connectivity index (χ1) is 16.0. The number of hydrogen-bond acceptors (Lipinski definition) is 7. The summed E-state index contributed by atoms with van der Waals surface area (Å²) in [6, 6.07) is 7.37. The third kappa shape index (κ3) is 4.57. The van der Waals surface area contributed by atoms with Gasteiger partial charge in [0.25, 0.3) is 0 Å². The van der Waals surface area contributed by atoms with E-state index in [0.717, 1.165) is 38.4 Å². The zero-order valence-corrected chi connectivity index (χ0v) is 20.4. The predicted molar refractivity (Wildman–Crippen MR) is 130 cm³/mol. The number of aromatic nitrogens is 2. The second-order valence-electron chi connectivity index (χ2n) is 7.83. The van der Waals surface area contributed by atoms with E-state index in [1.807, 2.05) is 0 Å². The minimum Gasteiger partial charge on any atom is -0.495 e. The summed E-state index contributed by atoms with van der Waals surface area (Å²) in [7, 11) is 3.06. The van der Waals surface area contributed by atoms with Crippen LogP contribution in [0.15, 0.2) is 24.4 Å². The number of nitrogens with zero attached hydrogens (tertiary/aromatic N) is 5. The van der Waals surface area contributed by atoms with Gasteiger partial charge in [-0.25, -0.2) is 4.98 Å². The molecule has 33 heavy (non-hydrogen) atoms. The average molecular weight is 486 g/mol. The van der Waals surface area contributed by atoms with Crippen LogP contribution in [0.25, 0.3) is 22.2 Å². The SMILES string of the molecule is CCN1CCN(Cc2cnc3c(-c4c(Cl)c(OC)cc(OC)c4Cl)ccc(C#N)c3n2)CC1. The van der Waals surface area contributed by atoms with Crippen LogP contribution >= 0.6 is 23.2 Å². The molecule has 2 heterocycles. The van der Waals surface area contributed by atoms with Crippen molar-refractivity contribution in [1.82, 2.24) is 19.8 Å². The molecule has 0 aliphatic carbocycles. The third-order valence-electron chi connectivity index (χ3n) is 6.01. The van der Waals surface area contributed by atoms with Gasteiger partial charge in [0.2, 0.25) is 0 Å². The van der Waals surface area contributed by atoms with Crippen molar-refractivity contribution in [2.45, 2.75) is 13.5 Å². The Morgan fingerprint density at radius 1 is 1.00 bits per heavy atom. The van der Waals surface area contributed by atoms with Crippen molar-refractivity contribution in [3.8, 4) is 28.7 Å². The number of benzene rings is 2. The van der Waals surface area contributed by atoms with E-state index in [0.29, 0.717) is 55.8 Å². The van der Waals surface area contributed by atoms with Gasteiger partial charge in [-0.1, -0.05) is 36.2 Å². The van der Waals surface area contributed by atoms with Gasteiger partial charge < -0.3 is 14.4 Å². The first kappa shape index (κ1) is 23.5. The highest BCUT2D eigenvalue weighted by Gasteiger charge is 2.23. The lowest BCUT2D eigenvalue weighted by Gasteiger charge is -2.33. The maximum Gasteiger partial charge on any atom is 0.141 e. The second kappa shape index (κ2) is 10.1. The minimum atomic E-state index is 0.342. The van der Waals surface area contributed by atoms with Crippen molar-refractivity contribution < 1.29 is 9.47 Å². The number of nitriles is 1. The highest BCUT2D eigenvalue weighted by molar-refractivity contribution is 6.41. The van der Waals surface area contributed by atoms with E-state index < -0.39 is 0 Å². The lowest BCUT2D eigenvalue weighted by atomic mass is 10.00. The van der Waals surface area contributed by atoms with Crippen molar-refractivity contribution in [3.05, 3.63) is 45.7 Å². The van der Waals surface area contributed by atoms with Crippen LogP contribution in [0.4, 0.5) is 0 Å². The fourth-order valence-electron chi connectivity index (χ4n) is 4.12. The molecule has 172 valence electrons. The normalized spacial score (nSPS) is 14.9. The summed E-state index contributed by atoms with van der Waals surface area (Å²) >= 11 is 13.3. The Balaban J connectivity index is 1.79. The van der Waals surface area contributed by atoms with E-state index >= 15 is 0 Å². The van der Waals surface area contributed by atoms with Crippen LogP contribution < -0.4 is 9.47 Å². The summed E-state index contributed by atoms with van der Waals surface area (Å²) in [5.41, 5.74) is 3.53. The molecule has 0 unspecified atom stereocenters. The van der Waals surface area contributed by atoms with Gasteiger partial charge in [0.1, 0.15) is 23.1 Å². The number of piperazine rings is 1. The molecule has 0 N–H and O–H groups in total. The number of ether oxygens (including phenoxy) is 2. The van der Waals surface area contributed by atoms with Crippen LogP contribution in [-0.2, 0) is 6.54 Å². The largest absolute Gasteiger partial charge is 0.495 e. The monoisotopic (exact) mass is 485 g/mol. The summed E-state index contributed by atoms with van der Waals surface area (Å²) in [5.74, 6) is 0.863. The molecule has 4 rings (SSSR count). The third-order valence-corrected chi connectivity index (χ3v) is 6.76. The van der Waals surface area contributed by atoms with Crippen LogP contribution in [0.3, 0.4) is 0 Å². The van der Waals surface area contributed by atoms with Crippen LogP contribution in [0.2, 0.25) is 10.0 Å². The van der Waals surface area contributed by atoms with E-state index in [-0.39, 0.29) is 0 Å². The van der Waals surface area contributed by atoms with Crippen molar-refractivity contribution in [1.29, 1.82) is 5.26 Å². The lowest BCUT2D eigenvalue weighted by Crippen LogP contribution is -2.45. The first-order valence-electron chi connectivity index (χ1n) is 10.7. The topological polar surface area (TPSA) is 74.5 Å². The highest BCUT2D eigenvalue weighted by atomic mass is 35.5. The van der Waals surface area contributed by atoms with Crippen molar-refractivity contribution in [3.63, 3.8) is 0 Å². The van der Waals surface area contributed by atoms with Crippen molar-refractivity contribution in [2.75, 3.05) is 46.9 Å². The molecule has 1 aliphatic rings. The van der Waals surface area contributed by atoms with Gasteiger partial charge in [0, 0.05) is 49.9 Å². The maximum atomic E-state index is 9.71. The van der Waals surface area contributed by atoms with E-state index in [1.165, 1.54) is 14.2 Å². The fourth-order valence-corrected chi connectivity index (χ4v) is 4.82. The Hall–Kier alpha value is -2.63. The molecule has 0 radical (unpaired) electrons. The predicted octanol–water partition coefficient (Wildman–Crippen LogP) is 4.63. The van der Waals surface area contributed by atoms with Gasteiger partial charge in [-0.15, -0.1) is 0 Å². The molecular formula is C24H25Cl2N5O2. The highest BCUT2D eigenvalue weighted by Crippen LogP contribution is 2.47. The number of fused-ring (bicyclic) bond motifs is 1. The second-order valence-corrected chi connectivity index (χ2v) is 8.58. The molecule has 2 aromatic carbocycles. The molecule has 1 aromatic heterocycles. The number of likely N-dealkylation sites (N-methyl/N-ethyl adjacent to an activating group) is 1. The van der Waals surface area contributed by atoms with Crippen molar-refractivity contribution in [2.24, 2.45) is 0 Å². The number of halogens is 2. The Labute approximate surface area is 203 Å². The molecule has 0 amide bonds. The molecule has 1 saturated heterocycles. The van der Waals surface area contributed by atoms with Gasteiger partial charge in [-0.2, -0.15) is 5.26 Å². The lowest BCUT2D eigenvalue weighted by molar-refractivity contribution is 0.131. The van der Waals surface area contributed by atoms with Gasteiger partial charge in [-0.05, 0) is 12.6 Å². The Morgan fingerprint density at radius 2 is 1.64 bits per heavy atom. The number of hydrogen-bond donors (Lipinski definition) is 0. The van der Waals surface area contributed by atoms with Crippen molar-refractivity contribution >= 4 is 34.2 Å². The minimum absolute atomic E-state index is 0.342. The van der Waals surface area contributed by atoms with E-state index in [9.17, 15) is 5.26 Å². The zero-order valence-electron chi connectivity index (χ0n) is 18.9. The van der Waals surface area contributed by atoms with Crippen LogP contribution in [0.5, 0.6) is 11.5 Å². The van der Waals surface area contributed by atoms with Crippen LogP contribution in [0, 0.1) is 11.3 Å². The van der Waals surface area contributed by atoms with E-state index in [4.69, 9.17) is 42.6 Å². The molecule has 0 bridgehead atoms. The Morgan fingerprint density at radius 3 is 2.21 bits per heavy atom. The van der Waals surface area contributed by atoms with E-state index in [1.54, 1.807) is 24.4 Å². The van der Waals surface area contributed by atoms with Crippen LogP contribution in [-0.4, -0.2) is 66.7 Å². The molecule has 9 heteroatoms.